The zero-order chi connectivity index (χ0) is 9.26. The summed E-state index contributed by atoms with van der Waals surface area (Å²) >= 11 is 0. The van der Waals surface area contributed by atoms with Gasteiger partial charge in [0.2, 0.25) is 0 Å². The largest absolute Gasteiger partial charge is 1.00 e. The molecule has 1 aromatic carbocycles. The van der Waals surface area contributed by atoms with Crippen LogP contribution in [0.2, 0.25) is 0 Å². The predicted molar refractivity (Wildman–Crippen MR) is 51.6 cm³/mol. The molecule has 0 bridgehead atoms. The summed E-state index contributed by atoms with van der Waals surface area (Å²) in [4.78, 5) is 10.7. The van der Waals surface area contributed by atoms with Crippen LogP contribution in [0.15, 0.2) is 24.3 Å². The van der Waals surface area contributed by atoms with Gasteiger partial charge in [-0.05, 0) is 29.7 Å². The maximum Gasteiger partial charge on any atom is 1.00 e. The Morgan fingerprint density at radius 2 is 2.38 bits per heavy atom. The first-order valence-corrected chi connectivity index (χ1v) is 4.23. The zero-order valence-corrected chi connectivity index (χ0v) is 7.41. The van der Waals surface area contributed by atoms with Gasteiger partial charge in [-0.25, -0.2) is 0 Å². The van der Waals surface area contributed by atoms with Crippen molar-refractivity contribution >= 4 is 12.0 Å². The topological polar surface area (TPSA) is 26.3 Å². The van der Waals surface area contributed by atoms with E-state index in [0.717, 1.165) is 12.0 Å². The van der Waals surface area contributed by atoms with Gasteiger partial charge in [0, 0.05) is 6.92 Å². The molecular formula is C11H11O2+. The molecule has 0 saturated carbocycles. The van der Waals surface area contributed by atoms with Gasteiger partial charge in [-0.3, -0.25) is 4.79 Å². The minimum Gasteiger partial charge on any atom is -0.427 e. The fourth-order valence-corrected chi connectivity index (χ4v) is 1.46. The van der Waals surface area contributed by atoms with Crippen LogP contribution < -0.4 is 4.74 Å². The van der Waals surface area contributed by atoms with Gasteiger partial charge in [-0.1, -0.05) is 18.2 Å². The van der Waals surface area contributed by atoms with Crippen molar-refractivity contribution in [1.82, 2.24) is 0 Å². The molecule has 2 heteroatoms. The molecule has 0 atom stereocenters. The maximum atomic E-state index is 10.7. The third-order valence-electron chi connectivity index (χ3n) is 2.01. The van der Waals surface area contributed by atoms with Gasteiger partial charge in [-0.15, -0.1) is 0 Å². The monoisotopic (exact) mass is 175 g/mol. The van der Waals surface area contributed by atoms with Crippen LogP contribution in [-0.4, -0.2) is 5.97 Å². The number of allylic oxidation sites excluding steroid dienone is 1. The molecule has 0 saturated heterocycles. The average Bonchev–Trinajstić information content (AvgIpc) is 2.49. The molecule has 0 radical (unpaired) electrons. The van der Waals surface area contributed by atoms with E-state index in [9.17, 15) is 4.79 Å². The van der Waals surface area contributed by atoms with E-state index < -0.39 is 0 Å². The number of hydrogen-bond acceptors (Lipinski definition) is 2. The van der Waals surface area contributed by atoms with E-state index in [4.69, 9.17) is 4.74 Å². The Morgan fingerprint density at radius 1 is 1.54 bits per heavy atom. The summed E-state index contributed by atoms with van der Waals surface area (Å²) in [7, 11) is 0. The van der Waals surface area contributed by atoms with Crippen LogP contribution >= 0.6 is 0 Å². The second-order valence-corrected chi connectivity index (χ2v) is 3.06. The van der Waals surface area contributed by atoms with E-state index in [1.165, 1.54) is 12.5 Å². The second-order valence-electron chi connectivity index (χ2n) is 3.06. The molecule has 0 N–H and O–H groups in total. The van der Waals surface area contributed by atoms with Gasteiger partial charge in [0.05, 0.1) is 0 Å². The number of fused-ring (bicyclic) bond motifs is 1. The molecule has 0 fully saturated rings. The number of esters is 1. The van der Waals surface area contributed by atoms with E-state index in [2.05, 4.69) is 6.08 Å². The van der Waals surface area contributed by atoms with Gasteiger partial charge in [0.1, 0.15) is 5.75 Å². The van der Waals surface area contributed by atoms with E-state index in [0.29, 0.717) is 5.75 Å². The number of ether oxygens (including phenoxy) is 1. The summed E-state index contributed by atoms with van der Waals surface area (Å²) in [6.45, 7) is 1.41. The summed E-state index contributed by atoms with van der Waals surface area (Å²) in [5.41, 5.74) is 2.44. The van der Waals surface area contributed by atoms with Crippen LogP contribution in [0.3, 0.4) is 0 Å². The lowest BCUT2D eigenvalue weighted by molar-refractivity contribution is -0.131. The number of rotatable bonds is 1. The van der Waals surface area contributed by atoms with Gasteiger partial charge in [-0.2, -0.15) is 0 Å². The fourth-order valence-electron chi connectivity index (χ4n) is 1.46. The van der Waals surface area contributed by atoms with Crippen LogP contribution in [-0.2, 0) is 11.2 Å². The quantitative estimate of drug-likeness (QED) is 0.483. The number of carbonyl (C=O) groups is 1. The molecule has 0 spiro atoms. The number of hydrogen-bond donors (Lipinski definition) is 0. The van der Waals surface area contributed by atoms with Crippen molar-refractivity contribution in [3.8, 4) is 5.75 Å². The second kappa shape index (κ2) is 3.05. The van der Waals surface area contributed by atoms with Gasteiger partial charge >= 0.3 is 7.40 Å². The highest BCUT2D eigenvalue weighted by molar-refractivity contribution is 5.70. The molecule has 66 valence electrons. The highest BCUT2D eigenvalue weighted by Gasteiger charge is 2.06. The molecule has 2 rings (SSSR count). The summed E-state index contributed by atoms with van der Waals surface area (Å²) in [5.74, 6) is 0.347. The van der Waals surface area contributed by atoms with Crippen molar-refractivity contribution in [3.63, 3.8) is 0 Å². The molecule has 0 aromatic heterocycles. The lowest BCUT2D eigenvalue weighted by Crippen LogP contribution is -2.01. The maximum absolute atomic E-state index is 10.7. The predicted octanol–water partition coefficient (Wildman–Crippen LogP) is 2.29. The van der Waals surface area contributed by atoms with Crippen molar-refractivity contribution in [2.45, 2.75) is 13.3 Å². The molecule has 0 amide bonds. The first kappa shape index (κ1) is 8.05. The summed E-state index contributed by atoms with van der Waals surface area (Å²) < 4.78 is 4.97. The molecule has 2 nitrogen and oxygen atoms in total. The average molecular weight is 175 g/mol. The van der Waals surface area contributed by atoms with Crippen LogP contribution in [0.1, 0.15) is 19.5 Å². The summed E-state index contributed by atoms with van der Waals surface area (Å²) in [6.07, 6.45) is 5.13. The summed E-state index contributed by atoms with van der Waals surface area (Å²) in [5, 5.41) is 0. The molecular weight excluding hydrogens is 164 g/mol. The van der Waals surface area contributed by atoms with Crippen LogP contribution in [0.5, 0.6) is 5.75 Å². The van der Waals surface area contributed by atoms with E-state index >= 15 is 0 Å². The van der Waals surface area contributed by atoms with E-state index in [1.807, 2.05) is 24.3 Å². The highest BCUT2D eigenvalue weighted by atomic mass is 16.5. The smallest absolute Gasteiger partial charge is 0.427 e. The van der Waals surface area contributed by atoms with Crippen LogP contribution in [0, 0.1) is 0 Å². The Morgan fingerprint density at radius 3 is 3.15 bits per heavy atom. The Labute approximate surface area is 78.3 Å². The molecule has 1 aromatic rings. The minimum absolute atomic E-state index is 0. The number of carbonyl (C=O) groups excluding carboxylic acids is 1. The van der Waals surface area contributed by atoms with Crippen molar-refractivity contribution < 1.29 is 11.0 Å². The SMILES string of the molecule is CC(=O)Oc1ccc2c(c1)C=CC2.[H+]. The van der Waals surface area contributed by atoms with Crippen molar-refractivity contribution in [2.75, 3.05) is 0 Å². The summed E-state index contributed by atoms with van der Waals surface area (Å²) in [6, 6.07) is 5.71. The molecule has 0 aliphatic heterocycles. The van der Waals surface area contributed by atoms with Crippen molar-refractivity contribution in [3.05, 3.63) is 35.4 Å². The molecule has 1 aliphatic rings. The minimum atomic E-state index is -0.276. The number of benzene rings is 1. The Bertz CT molecular complexity index is 383. The Balaban J connectivity index is 0.000000980. The third-order valence-corrected chi connectivity index (χ3v) is 2.01. The van der Waals surface area contributed by atoms with Crippen LogP contribution in [0.25, 0.3) is 6.08 Å². The molecule has 13 heavy (non-hydrogen) atoms. The highest BCUT2D eigenvalue weighted by Crippen LogP contribution is 2.24. The molecule has 1 aliphatic carbocycles. The zero-order valence-electron chi connectivity index (χ0n) is 8.41. The van der Waals surface area contributed by atoms with Gasteiger partial charge < -0.3 is 4.74 Å². The Kier molecular flexibility index (Phi) is 1.89. The first-order valence-electron chi connectivity index (χ1n) is 4.23. The van der Waals surface area contributed by atoms with Crippen molar-refractivity contribution in [2.24, 2.45) is 0 Å². The van der Waals surface area contributed by atoms with Gasteiger partial charge in [0.15, 0.2) is 0 Å². The fraction of sp³-hybridized carbons (Fsp3) is 0.182. The van der Waals surface area contributed by atoms with Crippen LogP contribution in [0.4, 0.5) is 0 Å². The standard InChI is InChI=1S/C11H10O2/c1-8(12)13-11-6-5-9-3-2-4-10(9)7-11/h2,4-7H,3H2,1H3/p+1. The lowest BCUT2D eigenvalue weighted by atomic mass is 10.1. The lowest BCUT2D eigenvalue weighted by Gasteiger charge is -2.03. The molecule has 0 heterocycles. The Hall–Kier alpha value is -1.57. The first-order chi connectivity index (χ1) is 6.25. The van der Waals surface area contributed by atoms with Crippen molar-refractivity contribution in [1.29, 1.82) is 0 Å². The third kappa shape index (κ3) is 1.61. The van der Waals surface area contributed by atoms with E-state index in [1.54, 1.807) is 0 Å². The van der Waals surface area contributed by atoms with E-state index in [-0.39, 0.29) is 7.40 Å². The normalized spacial score (nSPS) is 12.7. The molecule has 0 unspecified atom stereocenters. The van der Waals surface area contributed by atoms with Gasteiger partial charge in [0.25, 0.3) is 0 Å².